The van der Waals surface area contributed by atoms with E-state index >= 15 is 0 Å². The van der Waals surface area contributed by atoms with Crippen LogP contribution in [0.3, 0.4) is 0 Å². The van der Waals surface area contributed by atoms with Crippen molar-refractivity contribution in [2.45, 2.75) is 40.2 Å². The smallest absolute Gasteiger partial charge is 0.344 e. The van der Waals surface area contributed by atoms with E-state index in [2.05, 4.69) is 20.7 Å². The lowest BCUT2D eigenvalue weighted by molar-refractivity contribution is -0.157. The van der Waals surface area contributed by atoms with Crippen LogP contribution in [0.25, 0.3) is 0 Å². The molecule has 0 aromatic rings. The number of esters is 2. The molecule has 0 aliphatic heterocycles. The molecule has 4 nitrogen and oxygen atoms in total. The van der Waals surface area contributed by atoms with Crippen molar-refractivity contribution < 1.29 is 19.1 Å². The zero-order valence-electron chi connectivity index (χ0n) is 12.2. The van der Waals surface area contributed by atoms with E-state index in [1.165, 1.54) is 7.11 Å². The molecule has 0 saturated heterocycles. The quantitative estimate of drug-likeness (QED) is 0.588. The zero-order chi connectivity index (χ0) is 15.0. The van der Waals surface area contributed by atoms with Gasteiger partial charge < -0.3 is 9.47 Å². The molecule has 0 aromatic carbocycles. The molecule has 19 heavy (non-hydrogen) atoms. The molecular weight excluding hydrogens is 312 g/mol. The van der Waals surface area contributed by atoms with Gasteiger partial charge >= 0.3 is 11.9 Å². The predicted molar refractivity (Wildman–Crippen MR) is 75.6 cm³/mol. The summed E-state index contributed by atoms with van der Waals surface area (Å²) < 4.78 is 10.4. The third-order valence-electron chi connectivity index (χ3n) is 3.28. The van der Waals surface area contributed by atoms with Gasteiger partial charge in [-0.25, -0.2) is 4.79 Å². The number of ether oxygens (including phenoxy) is 2. The molecule has 2 unspecified atom stereocenters. The van der Waals surface area contributed by atoms with Gasteiger partial charge in [-0.15, -0.1) is 0 Å². The first-order valence-electron chi connectivity index (χ1n) is 6.19. The molecule has 5 heteroatoms. The van der Waals surface area contributed by atoms with E-state index in [1.807, 2.05) is 34.6 Å². The molecule has 1 aliphatic carbocycles. The second kappa shape index (κ2) is 5.27. The van der Waals surface area contributed by atoms with E-state index in [4.69, 9.17) is 4.74 Å². The highest BCUT2D eigenvalue weighted by molar-refractivity contribution is 9.12. The molecule has 2 atom stereocenters. The molecular formula is C14H21BrO4. The molecule has 0 N–H and O–H groups in total. The number of carbonyl (C=O) groups is 2. The van der Waals surface area contributed by atoms with Crippen molar-refractivity contribution in [2.75, 3.05) is 7.11 Å². The minimum Gasteiger partial charge on any atom is -0.465 e. The Morgan fingerprint density at radius 3 is 2.21 bits per heavy atom. The molecule has 0 radical (unpaired) electrons. The lowest BCUT2D eigenvalue weighted by atomic mass is 10.1. The number of methoxy groups -OCH3 is 1. The number of hydrogen-bond donors (Lipinski definition) is 0. The third-order valence-corrected chi connectivity index (χ3v) is 3.87. The van der Waals surface area contributed by atoms with Crippen molar-refractivity contribution in [1.82, 2.24) is 0 Å². The Morgan fingerprint density at radius 1 is 1.26 bits per heavy atom. The van der Waals surface area contributed by atoms with Gasteiger partial charge in [0, 0.05) is 0 Å². The number of rotatable bonds is 3. The zero-order valence-corrected chi connectivity index (χ0v) is 13.8. The summed E-state index contributed by atoms with van der Waals surface area (Å²) in [5, 5.41) is 0. The van der Waals surface area contributed by atoms with Crippen LogP contribution in [-0.2, 0) is 19.1 Å². The normalized spacial score (nSPS) is 25.7. The maximum Gasteiger partial charge on any atom is 0.344 e. The van der Waals surface area contributed by atoms with Gasteiger partial charge in [0.2, 0.25) is 0 Å². The molecule has 0 bridgehead atoms. The summed E-state index contributed by atoms with van der Waals surface area (Å²) in [5.74, 6) is -0.894. The summed E-state index contributed by atoms with van der Waals surface area (Å²) in [4.78, 5) is 23.4. The number of carbonyl (C=O) groups excluding carboxylic acids is 2. The molecule has 0 amide bonds. The van der Waals surface area contributed by atoms with E-state index in [9.17, 15) is 9.59 Å². The summed E-state index contributed by atoms with van der Waals surface area (Å²) in [6.07, 6.45) is 1.74. The molecule has 1 saturated carbocycles. The van der Waals surface area contributed by atoms with Crippen LogP contribution < -0.4 is 0 Å². The lowest BCUT2D eigenvalue weighted by Gasteiger charge is -2.19. The predicted octanol–water partition coefficient (Wildman–Crippen LogP) is 3.05. The van der Waals surface area contributed by atoms with E-state index in [0.717, 1.165) is 0 Å². The Hall–Kier alpha value is -0.840. The first kappa shape index (κ1) is 16.2. The average molecular weight is 333 g/mol. The van der Waals surface area contributed by atoms with E-state index in [-0.39, 0.29) is 23.2 Å². The van der Waals surface area contributed by atoms with Gasteiger partial charge in [0.1, 0.15) is 5.60 Å². The third kappa shape index (κ3) is 3.81. The van der Waals surface area contributed by atoms with E-state index < -0.39 is 11.6 Å². The van der Waals surface area contributed by atoms with Crippen LogP contribution in [0.15, 0.2) is 10.6 Å². The van der Waals surface area contributed by atoms with Crippen LogP contribution >= 0.6 is 15.9 Å². The van der Waals surface area contributed by atoms with Crippen LogP contribution in [0.5, 0.6) is 0 Å². The lowest BCUT2D eigenvalue weighted by Crippen LogP contribution is -2.26. The molecule has 0 heterocycles. The Kier molecular flexibility index (Phi) is 4.50. The maximum absolute atomic E-state index is 12.1. The highest BCUT2D eigenvalue weighted by atomic mass is 79.9. The van der Waals surface area contributed by atoms with Crippen molar-refractivity contribution in [1.29, 1.82) is 0 Å². The van der Waals surface area contributed by atoms with Gasteiger partial charge in [0.15, 0.2) is 0 Å². The molecule has 1 aliphatic rings. The number of hydrogen-bond acceptors (Lipinski definition) is 4. The minimum atomic E-state index is -0.496. The molecule has 1 fully saturated rings. The standard InChI is InChI=1S/C14H21BrO4/c1-13(2,3)19-12(17)10-8(14(10,4)5)7-9(15)11(16)18-6/h7-8,10H,1-6H3/b9-7+. The monoisotopic (exact) mass is 332 g/mol. The molecule has 1 rings (SSSR count). The molecule has 0 aromatic heterocycles. The average Bonchev–Trinajstić information content (AvgIpc) is 2.76. The number of allylic oxidation sites excluding steroid dienone is 1. The summed E-state index contributed by atoms with van der Waals surface area (Å²) >= 11 is 3.17. The maximum atomic E-state index is 12.1. The van der Waals surface area contributed by atoms with Crippen LogP contribution in [0.2, 0.25) is 0 Å². The Morgan fingerprint density at radius 2 is 1.79 bits per heavy atom. The van der Waals surface area contributed by atoms with Crippen molar-refractivity contribution in [3.8, 4) is 0 Å². The summed E-state index contributed by atoms with van der Waals surface area (Å²) in [7, 11) is 1.32. The van der Waals surface area contributed by atoms with Crippen LogP contribution in [0.4, 0.5) is 0 Å². The van der Waals surface area contributed by atoms with Crippen LogP contribution in [0.1, 0.15) is 34.6 Å². The largest absolute Gasteiger partial charge is 0.465 e. The van der Waals surface area contributed by atoms with Crippen molar-refractivity contribution in [3.05, 3.63) is 10.6 Å². The second-order valence-electron chi connectivity index (χ2n) is 6.36. The van der Waals surface area contributed by atoms with Gasteiger partial charge in [-0.05, 0) is 48.0 Å². The van der Waals surface area contributed by atoms with Crippen LogP contribution in [0, 0.1) is 17.3 Å². The fourth-order valence-corrected chi connectivity index (χ4v) is 2.57. The molecule has 0 spiro atoms. The van der Waals surface area contributed by atoms with Crippen molar-refractivity contribution >= 4 is 27.9 Å². The summed E-state index contributed by atoms with van der Waals surface area (Å²) in [5.41, 5.74) is -0.695. The topological polar surface area (TPSA) is 52.6 Å². The van der Waals surface area contributed by atoms with Gasteiger partial charge in [0.05, 0.1) is 17.5 Å². The second-order valence-corrected chi connectivity index (χ2v) is 7.22. The van der Waals surface area contributed by atoms with Crippen molar-refractivity contribution in [2.24, 2.45) is 17.3 Å². The van der Waals surface area contributed by atoms with Gasteiger partial charge in [-0.3, -0.25) is 4.79 Å². The van der Waals surface area contributed by atoms with Gasteiger partial charge in [-0.2, -0.15) is 0 Å². The highest BCUT2D eigenvalue weighted by Crippen LogP contribution is 2.60. The fourth-order valence-electron chi connectivity index (χ4n) is 2.13. The van der Waals surface area contributed by atoms with Crippen molar-refractivity contribution in [3.63, 3.8) is 0 Å². The van der Waals surface area contributed by atoms with E-state index in [0.29, 0.717) is 4.48 Å². The van der Waals surface area contributed by atoms with E-state index in [1.54, 1.807) is 6.08 Å². The first-order chi connectivity index (χ1) is 8.50. The molecule has 108 valence electrons. The highest BCUT2D eigenvalue weighted by Gasteiger charge is 2.62. The Labute approximate surface area is 122 Å². The Balaban J connectivity index is 2.79. The van der Waals surface area contributed by atoms with Gasteiger partial charge in [-0.1, -0.05) is 19.9 Å². The Bertz CT molecular complexity index is 418. The summed E-state index contributed by atoms with van der Waals surface area (Å²) in [6, 6.07) is 0. The summed E-state index contributed by atoms with van der Waals surface area (Å²) in [6.45, 7) is 9.50. The minimum absolute atomic E-state index is 0.0178. The van der Waals surface area contributed by atoms with Crippen LogP contribution in [-0.4, -0.2) is 24.6 Å². The fraction of sp³-hybridized carbons (Fsp3) is 0.714. The SMILES string of the molecule is COC(=O)/C(Br)=C\C1C(C(=O)OC(C)(C)C)C1(C)C. The van der Waals surface area contributed by atoms with Gasteiger partial charge in [0.25, 0.3) is 0 Å². The number of halogens is 1. The first-order valence-corrected chi connectivity index (χ1v) is 6.98.